The summed E-state index contributed by atoms with van der Waals surface area (Å²) >= 11 is 0. The summed E-state index contributed by atoms with van der Waals surface area (Å²) in [7, 11) is 0.577. The van der Waals surface area contributed by atoms with Crippen LogP contribution in [-0.2, 0) is 16.6 Å². The van der Waals surface area contributed by atoms with Crippen molar-refractivity contribution in [1.82, 2.24) is 14.9 Å². The lowest BCUT2D eigenvalue weighted by molar-refractivity contribution is 0.402. The lowest BCUT2D eigenvalue weighted by Crippen LogP contribution is -2.37. The first-order chi connectivity index (χ1) is 9.47. The average Bonchev–Trinajstić information content (AvgIpc) is 2.89. The zero-order valence-corrected chi connectivity index (χ0v) is 14.1. The Morgan fingerprint density at radius 2 is 1.95 bits per heavy atom. The van der Waals surface area contributed by atoms with Gasteiger partial charge in [0, 0.05) is 19.1 Å². The molecule has 0 saturated carbocycles. The average molecular weight is 334 g/mol. The largest absolute Gasteiger partial charge is 0.313 e. The molecule has 1 atom stereocenters. The van der Waals surface area contributed by atoms with Crippen molar-refractivity contribution < 1.29 is 8.42 Å². The molecular formula is C14H24ClN3O2S. The highest BCUT2D eigenvalue weighted by Crippen LogP contribution is 2.12. The van der Waals surface area contributed by atoms with E-state index in [1.54, 1.807) is 12.1 Å². The van der Waals surface area contributed by atoms with Gasteiger partial charge in [0.2, 0.25) is 10.0 Å². The summed E-state index contributed by atoms with van der Waals surface area (Å²) in [6, 6.07) is 7.33. The molecule has 2 rings (SSSR count). The number of nitrogens with zero attached hydrogens (tertiary/aromatic N) is 1. The van der Waals surface area contributed by atoms with Crippen molar-refractivity contribution in [3.8, 4) is 0 Å². The maximum absolute atomic E-state index is 12.2. The summed E-state index contributed by atoms with van der Waals surface area (Å²) in [6.07, 6.45) is 2.15. The molecule has 1 saturated heterocycles. The first-order valence-electron chi connectivity index (χ1n) is 6.94. The standard InChI is InChI=1S/C14H23N3O2S.ClH/c1-17(2)11-12-5-7-14(8-6-12)20(18,19)16-10-13-4-3-9-15-13;/h5-8,13,15-16H,3-4,9-11H2,1-2H3;1H. The van der Waals surface area contributed by atoms with Gasteiger partial charge in [-0.25, -0.2) is 13.1 Å². The minimum absolute atomic E-state index is 0. The van der Waals surface area contributed by atoms with Crippen LogP contribution in [0.15, 0.2) is 29.2 Å². The summed E-state index contributed by atoms with van der Waals surface area (Å²) in [5, 5.41) is 3.28. The van der Waals surface area contributed by atoms with Crippen LogP contribution in [-0.4, -0.2) is 46.5 Å². The second-order valence-electron chi connectivity index (χ2n) is 5.53. The highest BCUT2D eigenvalue weighted by Gasteiger charge is 2.19. The molecular weight excluding hydrogens is 310 g/mol. The summed E-state index contributed by atoms with van der Waals surface area (Å²) in [5.41, 5.74) is 1.10. The molecule has 2 N–H and O–H groups in total. The van der Waals surface area contributed by atoms with E-state index in [-0.39, 0.29) is 18.4 Å². The Morgan fingerprint density at radius 3 is 2.48 bits per heavy atom. The Labute approximate surface area is 133 Å². The highest BCUT2D eigenvalue weighted by atomic mass is 35.5. The topological polar surface area (TPSA) is 61.4 Å². The zero-order chi connectivity index (χ0) is 14.6. The van der Waals surface area contributed by atoms with Crippen LogP contribution in [0, 0.1) is 0 Å². The van der Waals surface area contributed by atoms with Crippen molar-refractivity contribution in [3.05, 3.63) is 29.8 Å². The van der Waals surface area contributed by atoms with Gasteiger partial charge in [0.15, 0.2) is 0 Å². The van der Waals surface area contributed by atoms with E-state index >= 15 is 0 Å². The van der Waals surface area contributed by atoms with Gasteiger partial charge in [0.05, 0.1) is 4.90 Å². The molecule has 0 spiro atoms. The number of hydrogen-bond donors (Lipinski definition) is 2. The van der Waals surface area contributed by atoms with E-state index in [0.717, 1.165) is 31.5 Å². The predicted molar refractivity (Wildman–Crippen MR) is 87.3 cm³/mol. The summed E-state index contributed by atoms with van der Waals surface area (Å²) in [6.45, 7) is 2.24. The number of halogens is 1. The molecule has 7 heteroatoms. The van der Waals surface area contributed by atoms with Crippen LogP contribution in [0.3, 0.4) is 0 Å². The molecule has 1 fully saturated rings. The molecule has 1 aromatic rings. The third-order valence-corrected chi connectivity index (χ3v) is 4.85. The van der Waals surface area contributed by atoms with E-state index in [1.807, 2.05) is 31.1 Å². The molecule has 1 unspecified atom stereocenters. The first-order valence-corrected chi connectivity index (χ1v) is 8.42. The predicted octanol–water partition coefficient (Wildman–Crippen LogP) is 1.20. The van der Waals surface area contributed by atoms with Gasteiger partial charge in [-0.15, -0.1) is 12.4 Å². The van der Waals surface area contributed by atoms with E-state index in [4.69, 9.17) is 0 Å². The molecule has 0 aromatic heterocycles. The maximum Gasteiger partial charge on any atom is 0.240 e. The number of nitrogens with one attached hydrogen (secondary N) is 2. The smallest absolute Gasteiger partial charge is 0.240 e. The number of hydrogen-bond acceptors (Lipinski definition) is 4. The van der Waals surface area contributed by atoms with Crippen molar-refractivity contribution in [3.63, 3.8) is 0 Å². The van der Waals surface area contributed by atoms with Crippen LogP contribution >= 0.6 is 12.4 Å². The fraction of sp³-hybridized carbons (Fsp3) is 0.571. The quantitative estimate of drug-likeness (QED) is 0.821. The Balaban J connectivity index is 0.00000220. The zero-order valence-electron chi connectivity index (χ0n) is 12.5. The van der Waals surface area contributed by atoms with E-state index in [0.29, 0.717) is 11.4 Å². The maximum atomic E-state index is 12.2. The van der Waals surface area contributed by atoms with Gasteiger partial charge in [-0.05, 0) is 51.2 Å². The second-order valence-corrected chi connectivity index (χ2v) is 7.29. The van der Waals surface area contributed by atoms with Crippen molar-refractivity contribution in [2.75, 3.05) is 27.2 Å². The van der Waals surface area contributed by atoms with E-state index < -0.39 is 10.0 Å². The lowest BCUT2D eigenvalue weighted by Gasteiger charge is -2.13. The Morgan fingerprint density at radius 1 is 1.29 bits per heavy atom. The molecule has 1 heterocycles. The molecule has 0 aliphatic carbocycles. The molecule has 0 amide bonds. The van der Waals surface area contributed by atoms with Gasteiger partial charge in [-0.1, -0.05) is 12.1 Å². The monoisotopic (exact) mass is 333 g/mol. The van der Waals surface area contributed by atoms with Crippen molar-refractivity contribution in [2.24, 2.45) is 0 Å². The fourth-order valence-electron chi connectivity index (χ4n) is 2.36. The minimum atomic E-state index is -3.40. The number of benzene rings is 1. The highest BCUT2D eigenvalue weighted by molar-refractivity contribution is 7.89. The van der Waals surface area contributed by atoms with Crippen LogP contribution in [0.2, 0.25) is 0 Å². The number of rotatable bonds is 6. The second kappa shape index (κ2) is 8.10. The van der Waals surface area contributed by atoms with Gasteiger partial charge in [-0.3, -0.25) is 0 Å². The molecule has 1 aliphatic rings. The molecule has 21 heavy (non-hydrogen) atoms. The van der Waals surface area contributed by atoms with Crippen molar-refractivity contribution in [1.29, 1.82) is 0 Å². The van der Waals surface area contributed by atoms with E-state index in [2.05, 4.69) is 10.0 Å². The van der Waals surface area contributed by atoms with Crippen LogP contribution in [0.25, 0.3) is 0 Å². The van der Waals surface area contributed by atoms with Crippen molar-refractivity contribution in [2.45, 2.75) is 30.3 Å². The Hall–Kier alpha value is -0.660. The molecule has 120 valence electrons. The third kappa shape index (κ3) is 5.56. The molecule has 5 nitrogen and oxygen atoms in total. The molecule has 0 bridgehead atoms. The van der Waals surface area contributed by atoms with Gasteiger partial charge in [0.1, 0.15) is 0 Å². The fourth-order valence-corrected chi connectivity index (χ4v) is 3.45. The van der Waals surface area contributed by atoms with E-state index in [1.165, 1.54) is 0 Å². The van der Waals surface area contributed by atoms with Crippen LogP contribution in [0.5, 0.6) is 0 Å². The normalized spacial score (nSPS) is 18.7. The SMILES string of the molecule is CN(C)Cc1ccc(S(=O)(=O)NCC2CCCN2)cc1.Cl. The van der Waals surface area contributed by atoms with Gasteiger partial charge >= 0.3 is 0 Å². The molecule has 1 aromatic carbocycles. The van der Waals surface area contributed by atoms with Crippen LogP contribution < -0.4 is 10.0 Å². The van der Waals surface area contributed by atoms with Crippen LogP contribution in [0.4, 0.5) is 0 Å². The summed E-state index contributed by atoms with van der Waals surface area (Å²) in [4.78, 5) is 2.38. The van der Waals surface area contributed by atoms with Crippen LogP contribution in [0.1, 0.15) is 18.4 Å². The molecule has 0 radical (unpaired) electrons. The summed E-state index contributed by atoms with van der Waals surface area (Å²) in [5.74, 6) is 0. The van der Waals surface area contributed by atoms with Gasteiger partial charge in [-0.2, -0.15) is 0 Å². The number of sulfonamides is 1. The van der Waals surface area contributed by atoms with Gasteiger partial charge < -0.3 is 10.2 Å². The lowest BCUT2D eigenvalue weighted by atomic mass is 10.2. The Bertz CT molecular complexity index is 526. The minimum Gasteiger partial charge on any atom is -0.313 e. The third-order valence-electron chi connectivity index (χ3n) is 3.41. The van der Waals surface area contributed by atoms with Gasteiger partial charge in [0.25, 0.3) is 0 Å². The molecule has 1 aliphatic heterocycles. The van der Waals surface area contributed by atoms with E-state index in [9.17, 15) is 8.42 Å². The van der Waals surface area contributed by atoms with Crippen molar-refractivity contribution >= 4 is 22.4 Å². The summed E-state index contributed by atoms with van der Waals surface area (Å²) < 4.78 is 27.0. The Kier molecular flexibility index (Phi) is 7.09. The first kappa shape index (κ1) is 18.4.